The van der Waals surface area contributed by atoms with Crippen molar-refractivity contribution in [3.8, 4) is 0 Å². The molecule has 1 atom stereocenters. The van der Waals surface area contributed by atoms with E-state index < -0.39 is 12.1 Å². The predicted octanol–water partition coefficient (Wildman–Crippen LogP) is 3.62. The quantitative estimate of drug-likeness (QED) is 0.843. The molecule has 2 nitrogen and oxygen atoms in total. The maximum Gasteiger partial charge on any atom is 0.391 e. The monoisotopic (exact) mass is 290 g/mol. The first-order valence-electron chi connectivity index (χ1n) is 6.65. The highest BCUT2D eigenvalue weighted by Crippen LogP contribution is 2.36. The van der Waals surface area contributed by atoms with Gasteiger partial charge in [-0.1, -0.05) is 0 Å². The van der Waals surface area contributed by atoms with Crippen LogP contribution in [-0.2, 0) is 0 Å². The molecule has 1 aromatic carbocycles. The van der Waals surface area contributed by atoms with Gasteiger partial charge in [-0.15, -0.1) is 0 Å². The summed E-state index contributed by atoms with van der Waals surface area (Å²) < 4.78 is 51.2. The molecule has 1 aromatic rings. The molecule has 1 aliphatic rings. The Morgan fingerprint density at radius 3 is 2.35 bits per heavy atom. The number of nitrogens with zero attached hydrogens (tertiary/aromatic N) is 1. The molecule has 6 heteroatoms. The summed E-state index contributed by atoms with van der Waals surface area (Å²) in [6.45, 7) is 2.37. The summed E-state index contributed by atoms with van der Waals surface area (Å²) in [4.78, 5) is 1.86. The lowest BCUT2D eigenvalue weighted by atomic mass is 9.95. The molecule has 2 N–H and O–H groups in total. The van der Waals surface area contributed by atoms with Crippen molar-refractivity contribution in [1.29, 1.82) is 0 Å². The van der Waals surface area contributed by atoms with Crippen LogP contribution in [0.15, 0.2) is 18.2 Å². The van der Waals surface area contributed by atoms with Crippen molar-refractivity contribution in [3.05, 3.63) is 29.6 Å². The minimum Gasteiger partial charge on any atom is -0.371 e. The molecule has 112 valence electrons. The Kier molecular flexibility index (Phi) is 4.22. The van der Waals surface area contributed by atoms with E-state index in [0.717, 1.165) is 5.69 Å². The summed E-state index contributed by atoms with van der Waals surface area (Å²) in [6.07, 6.45) is -3.99. The molecule has 0 aromatic heterocycles. The fourth-order valence-corrected chi connectivity index (χ4v) is 2.63. The number of halogens is 4. The van der Waals surface area contributed by atoms with E-state index in [2.05, 4.69) is 0 Å². The van der Waals surface area contributed by atoms with Gasteiger partial charge in [-0.05, 0) is 43.5 Å². The lowest BCUT2D eigenvalue weighted by molar-refractivity contribution is -0.179. The number of benzene rings is 1. The number of piperidine rings is 1. The third-order valence-electron chi connectivity index (χ3n) is 3.78. The van der Waals surface area contributed by atoms with Gasteiger partial charge in [0.25, 0.3) is 0 Å². The van der Waals surface area contributed by atoms with E-state index >= 15 is 0 Å². The highest BCUT2D eigenvalue weighted by atomic mass is 19.4. The molecule has 0 bridgehead atoms. The summed E-state index contributed by atoms with van der Waals surface area (Å²) in [5.41, 5.74) is 7.19. The maximum absolute atomic E-state index is 13.3. The number of alkyl halides is 3. The Balaban J connectivity index is 2.15. The molecule has 1 heterocycles. The van der Waals surface area contributed by atoms with Crippen molar-refractivity contribution in [3.63, 3.8) is 0 Å². The molecule has 2 rings (SSSR count). The van der Waals surface area contributed by atoms with Crippen LogP contribution >= 0.6 is 0 Å². The average Bonchev–Trinajstić information content (AvgIpc) is 2.37. The third kappa shape index (κ3) is 3.23. The van der Waals surface area contributed by atoms with Crippen molar-refractivity contribution in [2.45, 2.75) is 32.0 Å². The summed E-state index contributed by atoms with van der Waals surface area (Å²) >= 11 is 0. The Morgan fingerprint density at radius 1 is 1.25 bits per heavy atom. The second-order valence-corrected chi connectivity index (χ2v) is 5.29. The molecule has 0 amide bonds. The van der Waals surface area contributed by atoms with Gasteiger partial charge >= 0.3 is 6.18 Å². The van der Waals surface area contributed by atoms with Crippen LogP contribution in [0.25, 0.3) is 0 Å². The molecular formula is C14H18F4N2. The number of nitrogens with two attached hydrogens (primary N) is 1. The molecule has 0 unspecified atom stereocenters. The van der Waals surface area contributed by atoms with E-state index in [4.69, 9.17) is 5.73 Å². The lowest BCUT2D eigenvalue weighted by Crippen LogP contribution is -2.39. The Hall–Kier alpha value is -1.30. The zero-order chi connectivity index (χ0) is 14.9. The Morgan fingerprint density at radius 2 is 1.85 bits per heavy atom. The zero-order valence-electron chi connectivity index (χ0n) is 11.3. The van der Waals surface area contributed by atoms with Crippen LogP contribution in [0.2, 0.25) is 0 Å². The molecule has 0 saturated carbocycles. The standard InChI is InChI=1S/C14H18F4N2/c1-9(19)12-8-11(15)2-3-13(12)20-6-4-10(5-7-20)14(16,17)18/h2-3,8-10H,4-7,19H2,1H3/t9-/m1/s1. The van der Waals surface area contributed by atoms with Gasteiger partial charge < -0.3 is 10.6 Å². The number of hydrogen-bond acceptors (Lipinski definition) is 2. The number of hydrogen-bond donors (Lipinski definition) is 1. The van der Waals surface area contributed by atoms with Gasteiger partial charge in [0.05, 0.1) is 5.92 Å². The summed E-state index contributed by atoms with van der Waals surface area (Å²) in [5.74, 6) is -1.62. The fourth-order valence-electron chi connectivity index (χ4n) is 2.63. The van der Waals surface area contributed by atoms with Gasteiger partial charge in [0.15, 0.2) is 0 Å². The van der Waals surface area contributed by atoms with Gasteiger partial charge in [-0.25, -0.2) is 4.39 Å². The second kappa shape index (κ2) is 5.60. The average molecular weight is 290 g/mol. The first kappa shape index (κ1) is 15.1. The van der Waals surface area contributed by atoms with E-state index in [1.165, 1.54) is 12.1 Å². The van der Waals surface area contributed by atoms with E-state index in [0.29, 0.717) is 18.7 Å². The van der Waals surface area contributed by atoms with E-state index in [-0.39, 0.29) is 24.7 Å². The minimum absolute atomic E-state index is 0.0687. The van der Waals surface area contributed by atoms with Gasteiger partial charge in [0, 0.05) is 24.8 Å². The van der Waals surface area contributed by atoms with Crippen molar-refractivity contribution in [2.75, 3.05) is 18.0 Å². The van der Waals surface area contributed by atoms with Crippen molar-refractivity contribution in [1.82, 2.24) is 0 Å². The van der Waals surface area contributed by atoms with E-state index in [9.17, 15) is 17.6 Å². The van der Waals surface area contributed by atoms with Crippen LogP contribution in [0.1, 0.15) is 31.4 Å². The van der Waals surface area contributed by atoms with Crippen LogP contribution < -0.4 is 10.6 Å². The molecule has 1 aliphatic heterocycles. The Bertz CT molecular complexity index is 463. The zero-order valence-corrected chi connectivity index (χ0v) is 11.3. The highest BCUT2D eigenvalue weighted by Gasteiger charge is 2.41. The molecule has 1 saturated heterocycles. The Labute approximate surface area is 115 Å². The number of rotatable bonds is 2. The van der Waals surface area contributed by atoms with Gasteiger partial charge in [-0.3, -0.25) is 0 Å². The molecule has 20 heavy (non-hydrogen) atoms. The first-order chi connectivity index (χ1) is 9.29. The van der Waals surface area contributed by atoms with Crippen LogP contribution in [0.5, 0.6) is 0 Å². The molecule has 0 aliphatic carbocycles. The predicted molar refractivity (Wildman–Crippen MR) is 70.0 cm³/mol. The van der Waals surface area contributed by atoms with Crippen LogP contribution in [0.3, 0.4) is 0 Å². The minimum atomic E-state index is -4.13. The van der Waals surface area contributed by atoms with Crippen molar-refractivity contribution >= 4 is 5.69 Å². The summed E-state index contributed by atoms with van der Waals surface area (Å²) in [6, 6.07) is 3.91. The van der Waals surface area contributed by atoms with Gasteiger partial charge in [-0.2, -0.15) is 13.2 Å². The number of anilines is 1. The molecule has 1 fully saturated rings. The smallest absolute Gasteiger partial charge is 0.371 e. The highest BCUT2D eigenvalue weighted by molar-refractivity contribution is 5.55. The summed E-state index contributed by atoms with van der Waals surface area (Å²) in [5, 5.41) is 0. The summed E-state index contributed by atoms with van der Waals surface area (Å²) in [7, 11) is 0. The SMILES string of the molecule is C[C@@H](N)c1cc(F)ccc1N1CCC(C(F)(F)F)CC1. The fraction of sp³-hybridized carbons (Fsp3) is 0.571. The molecule has 0 spiro atoms. The first-order valence-corrected chi connectivity index (χ1v) is 6.65. The normalized spacial score (nSPS) is 19.2. The van der Waals surface area contributed by atoms with E-state index in [1.54, 1.807) is 13.0 Å². The maximum atomic E-state index is 13.3. The molecule has 0 radical (unpaired) electrons. The van der Waals surface area contributed by atoms with Crippen LogP contribution in [0, 0.1) is 11.7 Å². The van der Waals surface area contributed by atoms with Gasteiger partial charge in [0.2, 0.25) is 0 Å². The van der Waals surface area contributed by atoms with E-state index in [1.807, 2.05) is 4.90 Å². The third-order valence-corrected chi connectivity index (χ3v) is 3.78. The van der Waals surface area contributed by atoms with Crippen molar-refractivity contribution < 1.29 is 17.6 Å². The van der Waals surface area contributed by atoms with Crippen LogP contribution in [0.4, 0.5) is 23.2 Å². The topological polar surface area (TPSA) is 29.3 Å². The largest absolute Gasteiger partial charge is 0.391 e. The lowest BCUT2D eigenvalue weighted by Gasteiger charge is -2.36. The van der Waals surface area contributed by atoms with Crippen LogP contribution in [-0.4, -0.2) is 19.3 Å². The molecular weight excluding hydrogens is 272 g/mol. The van der Waals surface area contributed by atoms with Gasteiger partial charge in [0.1, 0.15) is 5.82 Å². The van der Waals surface area contributed by atoms with Crippen molar-refractivity contribution in [2.24, 2.45) is 11.7 Å². The second-order valence-electron chi connectivity index (χ2n) is 5.29.